The predicted octanol–water partition coefficient (Wildman–Crippen LogP) is 3.54. The van der Waals surface area contributed by atoms with Crippen molar-refractivity contribution in [3.8, 4) is 5.75 Å². The summed E-state index contributed by atoms with van der Waals surface area (Å²) in [5, 5.41) is 6.60. The summed E-state index contributed by atoms with van der Waals surface area (Å²) in [5.41, 5.74) is 4.38. The molecule has 2 N–H and O–H groups in total. The van der Waals surface area contributed by atoms with Crippen LogP contribution in [0.5, 0.6) is 5.75 Å². The van der Waals surface area contributed by atoms with Gasteiger partial charge in [-0.15, -0.1) is 0 Å². The van der Waals surface area contributed by atoms with Gasteiger partial charge in [-0.25, -0.2) is 4.79 Å². The molecule has 4 rings (SSSR count). The molecular weight excluding hydrogens is 484 g/mol. The van der Waals surface area contributed by atoms with Crippen LogP contribution in [-0.2, 0) is 19.1 Å². The second-order valence-corrected chi connectivity index (χ2v) is 9.69. The smallest absolute Gasteiger partial charge is 0.333 e. The monoisotopic (exact) mass is 518 g/mol. The van der Waals surface area contributed by atoms with Crippen molar-refractivity contribution < 1.29 is 23.9 Å². The topological polar surface area (TPSA) is 110 Å². The Labute approximate surface area is 222 Å². The molecule has 1 aliphatic rings. The third-order valence-electron chi connectivity index (χ3n) is 7.09. The van der Waals surface area contributed by atoms with E-state index in [0.29, 0.717) is 37.2 Å². The van der Waals surface area contributed by atoms with Crippen LogP contribution >= 0.6 is 0 Å². The van der Waals surface area contributed by atoms with E-state index in [2.05, 4.69) is 15.6 Å². The van der Waals surface area contributed by atoms with Gasteiger partial charge in [0.2, 0.25) is 11.8 Å². The van der Waals surface area contributed by atoms with E-state index in [1.54, 1.807) is 19.4 Å². The molecule has 1 unspecified atom stereocenters. The van der Waals surface area contributed by atoms with Gasteiger partial charge in [0.25, 0.3) is 0 Å². The molecule has 2 aromatic carbocycles. The number of anilines is 1. The molecule has 9 heteroatoms. The molecule has 0 spiro atoms. The number of amides is 2. The highest BCUT2D eigenvalue weighted by Crippen LogP contribution is 2.24. The number of fused-ring (bicyclic) bond motifs is 1. The zero-order valence-electron chi connectivity index (χ0n) is 22.2. The number of nitrogens with one attached hydrogen (secondary N) is 2. The summed E-state index contributed by atoms with van der Waals surface area (Å²) in [7, 11) is 2.86. The number of pyridine rings is 1. The Morgan fingerprint density at radius 1 is 1.03 bits per heavy atom. The second-order valence-electron chi connectivity index (χ2n) is 9.69. The first-order chi connectivity index (χ1) is 18.3. The maximum atomic E-state index is 12.9. The standard InChI is InChI=1S/C29H34N4O5/c1-18-5-6-23(13-19(18)2)31-28(35)20-9-11-33(12-10-20)17-26(34)32-27(29(36)38-4)22-14-21-15-24(37-3)7-8-25(21)30-16-22/h5-8,13-16,20,27H,9-12,17H2,1-4H3,(H,31,35)(H,32,34). The molecule has 2 amide bonds. The molecule has 1 aromatic heterocycles. The fourth-order valence-corrected chi connectivity index (χ4v) is 4.63. The fourth-order valence-electron chi connectivity index (χ4n) is 4.63. The van der Waals surface area contributed by atoms with Crippen LogP contribution in [0.15, 0.2) is 48.7 Å². The summed E-state index contributed by atoms with van der Waals surface area (Å²) in [6.07, 6.45) is 2.87. The number of piperidine rings is 1. The molecule has 0 aliphatic carbocycles. The summed E-state index contributed by atoms with van der Waals surface area (Å²) < 4.78 is 10.2. The lowest BCUT2D eigenvalue weighted by Gasteiger charge is -2.31. The maximum absolute atomic E-state index is 12.9. The molecule has 0 saturated carbocycles. The fraction of sp³-hybridized carbons (Fsp3) is 0.379. The number of esters is 1. The van der Waals surface area contributed by atoms with Crippen LogP contribution in [0.2, 0.25) is 0 Å². The third-order valence-corrected chi connectivity index (χ3v) is 7.09. The number of carbonyl (C=O) groups is 3. The number of aryl methyl sites for hydroxylation is 2. The van der Waals surface area contributed by atoms with Gasteiger partial charge in [0, 0.05) is 28.8 Å². The van der Waals surface area contributed by atoms with Crippen molar-refractivity contribution in [2.75, 3.05) is 39.2 Å². The Bertz CT molecular complexity index is 1330. The summed E-state index contributed by atoms with van der Waals surface area (Å²) in [6, 6.07) is 12.2. The SMILES string of the molecule is COC(=O)C(NC(=O)CN1CCC(C(=O)Nc2ccc(C)c(C)c2)CC1)c1cnc2ccc(OC)cc2c1. The summed E-state index contributed by atoms with van der Waals surface area (Å²) in [5.74, 6) is -0.322. The highest BCUT2D eigenvalue weighted by molar-refractivity contribution is 5.93. The Morgan fingerprint density at radius 3 is 2.47 bits per heavy atom. The Morgan fingerprint density at radius 2 is 1.79 bits per heavy atom. The van der Waals surface area contributed by atoms with Gasteiger partial charge in [-0.3, -0.25) is 19.5 Å². The van der Waals surface area contributed by atoms with Gasteiger partial charge in [-0.2, -0.15) is 0 Å². The highest BCUT2D eigenvalue weighted by atomic mass is 16.5. The van der Waals surface area contributed by atoms with Crippen LogP contribution in [0, 0.1) is 19.8 Å². The van der Waals surface area contributed by atoms with Crippen molar-refractivity contribution in [2.45, 2.75) is 32.7 Å². The molecule has 0 radical (unpaired) electrons. The third kappa shape index (κ3) is 6.47. The van der Waals surface area contributed by atoms with E-state index in [-0.39, 0.29) is 24.3 Å². The lowest BCUT2D eigenvalue weighted by Crippen LogP contribution is -2.45. The molecule has 9 nitrogen and oxygen atoms in total. The van der Waals surface area contributed by atoms with Gasteiger partial charge in [-0.05, 0) is 87.3 Å². The summed E-state index contributed by atoms with van der Waals surface area (Å²) in [4.78, 5) is 44.6. The minimum atomic E-state index is -0.989. The van der Waals surface area contributed by atoms with Crippen LogP contribution < -0.4 is 15.4 Å². The minimum Gasteiger partial charge on any atom is -0.497 e. The van der Waals surface area contributed by atoms with Crippen LogP contribution in [-0.4, -0.2) is 61.5 Å². The maximum Gasteiger partial charge on any atom is 0.333 e. The number of ether oxygens (including phenoxy) is 2. The lowest BCUT2D eigenvalue weighted by molar-refractivity contribution is -0.145. The van der Waals surface area contributed by atoms with Gasteiger partial charge >= 0.3 is 5.97 Å². The summed E-state index contributed by atoms with van der Waals surface area (Å²) >= 11 is 0. The van der Waals surface area contributed by atoms with Crippen molar-refractivity contribution in [1.82, 2.24) is 15.2 Å². The van der Waals surface area contributed by atoms with E-state index >= 15 is 0 Å². The van der Waals surface area contributed by atoms with E-state index in [1.165, 1.54) is 12.7 Å². The minimum absolute atomic E-state index is 0.00328. The van der Waals surface area contributed by atoms with Crippen LogP contribution in [0.1, 0.15) is 35.6 Å². The van der Waals surface area contributed by atoms with Crippen molar-refractivity contribution in [2.24, 2.45) is 5.92 Å². The summed E-state index contributed by atoms with van der Waals surface area (Å²) in [6.45, 7) is 5.40. The molecule has 1 aliphatic heterocycles. The number of carbonyl (C=O) groups excluding carboxylic acids is 3. The largest absolute Gasteiger partial charge is 0.497 e. The highest BCUT2D eigenvalue weighted by Gasteiger charge is 2.28. The van der Waals surface area contributed by atoms with Gasteiger partial charge in [0.15, 0.2) is 6.04 Å². The first kappa shape index (κ1) is 27.1. The van der Waals surface area contributed by atoms with Crippen molar-refractivity contribution in [3.05, 3.63) is 65.4 Å². The van der Waals surface area contributed by atoms with E-state index < -0.39 is 12.0 Å². The average Bonchev–Trinajstić information content (AvgIpc) is 2.93. The predicted molar refractivity (Wildman–Crippen MR) is 145 cm³/mol. The number of nitrogens with zero attached hydrogens (tertiary/aromatic N) is 2. The number of likely N-dealkylation sites (tertiary alicyclic amines) is 1. The molecule has 1 saturated heterocycles. The van der Waals surface area contributed by atoms with Gasteiger partial charge in [-0.1, -0.05) is 6.07 Å². The average molecular weight is 519 g/mol. The molecule has 1 fully saturated rings. The quantitative estimate of drug-likeness (QED) is 0.439. The lowest BCUT2D eigenvalue weighted by atomic mass is 9.95. The van der Waals surface area contributed by atoms with E-state index in [9.17, 15) is 14.4 Å². The number of hydrogen-bond donors (Lipinski definition) is 2. The van der Waals surface area contributed by atoms with Crippen LogP contribution in [0.25, 0.3) is 10.9 Å². The van der Waals surface area contributed by atoms with Gasteiger partial charge in [0.1, 0.15) is 5.75 Å². The molecule has 200 valence electrons. The van der Waals surface area contributed by atoms with Crippen molar-refractivity contribution in [3.63, 3.8) is 0 Å². The Kier molecular flexibility index (Phi) is 8.58. The van der Waals surface area contributed by atoms with Crippen LogP contribution in [0.4, 0.5) is 5.69 Å². The van der Waals surface area contributed by atoms with Crippen molar-refractivity contribution in [1.29, 1.82) is 0 Å². The zero-order chi connectivity index (χ0) is 27.2. The first-order valence-corrected chi connectivity index (χ1v) is 12.7. The van der Waals surface area contributed by atoms with Crippen LogP contribution in [0.3, 0.4) is 0 Å². The number of rotatable bonds is 8. The molecule has 38 heavy (non-hydrogen) atoms. The molecule has 0 bridgehead atoms. The zero-order valence-corrected chi connectivity index (χ0v) is 22.2. The number of methoxy groups -OCH3 is 2. The molecule has 3 aromatic rings. The van der Waals surface area contributed by atoms with Crippen molar-refractivity contribution >= 4 is 34.4 Å². The first-order valence-electron chi connectivity index (χ1n) is 12.7. The van der Waals surface area contributed by atoms with E-state index in [4.69, 9.17) is 9.47 Å². The molecule has 1 atom stereocenters. The van der Waals surface area contributed by atoms with Gasteiger partial charge < -0.3 is 20.1 Å². The van der Waals surface area contributed by atoms with Gasteiger partial charge in [0.05, 0.1) is 26.3 Å². The number of hydrogen-bond acceptors (Lipinski definition) is 7. The Balaban J connectivity index is 1.34. The molecular formula is C29H34N4O5. The molecule has 2 heterocycles. The normalized spacial score (nSPS) is 15.1. The van der Waals surface area contributed by atoms with E-state index in [0.717, 1.165) is 22.2 Å². The Hall–Kier alpha value is -3.98. The van der Waals surface area contributed by atoms with E-state index in [1.807, 2.05) is 55.1 Å². The number of benzene rings is 2. The second kappa shape index (κ2) is 12.0. The number of aromatic nitrogens is 1.